The summed E-state index contributed by atoms with van der Waals surface area (Å²) in [6.45, 7) is 0. The van der Waals surface area contributed by atoms with E-state index < -0.39 is 27.3 Å². The van der Waals surface area contributed by atoms with E-state index >= 15 is 0 Å². The van der Waals surface area contributed by atoms with Crippen LogP contribution >= 0.6 is 0 Å². The molecular formula is C11H14O6S. The van der Waals surface area contributed by atoms with Gasteiger partial charge in [-0.05, 0) is 18.2 Å². The molecule has 0 aliphatic carbocycles. The van der Waals surface area contributed by atoms with E-state index in [0.717, 1.165) is 0 Å². The highest BCUT2D eigenvalue weighted by Gasteiger charge is 2.19. The van der Waals surface area contributed by atoms with Crippen LogP contribution in [0.4, 0.5) is 0 Å². The maximum Gasteiger partial charge on any atom is 0.318 e. The third kappa shape index (κ3) is 3.92. The largest absolute Gasteiger partial charge is 0.497 e. The Bertz CT molecular complexity index is 534. The van der Waals surface area contributed by atoms with Crippen LogP contribution in [-0.2, 0) is 20.4 Å². The fourth-order valence-corrected chi connectivity index (χ4v) is 2.65. The van der Waals surface area contributed by atoms with Crippen LogP contribution < -0.4 is 9.47 Å². The van der Waals surface area contributed by atoms with Crippen molar-refractivity contribution in [3.05, 3.63) is 23.8 Å². The summed E-state index contributed by atoms with van der Waals surface area (Å²) >= 11 is 0. The van der Waals surface area contributed by atoms with Gasteiger partial charge in [-0.25, -0.2) is 8.42 Å². The lowest BCUT2D eigenvalue weighted by Crippen LogP contribution is -2.17. The van der Waals surface area contributed by atoms with Gasteiger partial charge in [-0.15, -0.1) is 0 Å². The third-order valence-corrected chi connectivity index (χ3v) is 3.64. The number of carboxylic acids is 1. The van der Waals surface area contributed by atoms with Crippen molar-refractivity contribution in [2.45, 2.75) is 5.75 Å². The van der Waals surface area contributed by atoms with Crippen LogP contribution in [0.2, 0.25) is 0 Å². The molecule has 0 fully saturated rings. The standard InChI is InChI=1S/C11H14O6S/c1-16-9-3-4-10(17-2)8(5-9)6-18(14,15)7-11(12)13/h3-5H,6-7H2,1-2H3,(H,12,13). The lowest BCUT2D eigenvalue weighted by atomic mass is 10.2. The minimum Gasteiger partial charge on any atom is -0.497 e. The van der Waals surface area contributed by atoms with Crippen molar-refractivity contribution in [3.8, 4) is 11.5 Å². The van der Waals surface area contributed by atoms with Crippen LogP contribution in [0.3, 0.4) is 0 Å². The highest BCUT2D eigenvalue weighted by atomic mass is 32.2. The van der Waals surface area contributed by atoms with E-state index in [0.29, 0.717) is 17.1 Å². The highest BCUT2D eigenvalue weighted by Crippen LogP contribution is 2.25. The predicted octanol–water partition coefficient (Wildman–Crippen LogP) is 0.703. The van der Waals surface area contributed by atoms with Crippen molar-refractivity contribution in [2.75, 3.05) is 20.0 Å². The van der Waals surface area contributed by atoms with E-state index in [1.165, 1.54) is 20.3 Å². The Morgan fingerprint density at radius 2 is 1.94 bits per heavy atom. The molecule has 0 radical (unpaired) electrons. The number of aliphatic carboxylic acids is 1. The minimum atomic E-state index is -3.73. The summed E-state index contributed by atoms with van der Waals surface area (Å²) in [6.07, 6.45) is 0. The average Bonchev–Trinajstić information content (AvgIpc) is 2.26. The van der Waals surface area contributed by atoms with Crippen molar-refractivity contribution in [2.24, 2.45) is 0 Å². The van der Waals surface area contributed by atoms with Crippen molar-refractivity contribution < 1.29 is 27.8 Å². The molecule has 0 bridgehead atoms. The van der Waals surface area contributed by atoms with Crippen LogP contribution in [0.1, 0.15) is 5.56 Å². The lowest BCUT2D eigenvalue weighted by Gasteiger charge is -2.10. The number of hydrogen-bond acceptors (Lipinski definition) is 5. The first-order chi connectivity index (χ1) is 8.38. The average molecular weight is 274 g/mol. The highest BCUT2D eigenvalue weighted by molar-refractivity contribution is 7.91. The second-order valence-electron chi connectivity index (χ2n) is 3.60. The molecular weight excluding hydrogens is 260 g/mol. The third-order valence-electron chi connectivity index (χ3n) is 2.21. The summed E-state index contributed by atoms with van der Waals surface area (Å²) in [4.78, 5) is 10.4. The summed E-state index contributed by atoms with van der Waals surface area (Å²) in [7, 11) is -0.859. The van der Waals surface area contributed by atoms with Crippen LogP contribution in [-0.4, -0.2) is 39.5 Å². The smallest absolute Gasteiger partial charge is 0.318 e. The van der Waals surface area contributed by atoms with E-state index in [1.807, 2.05) is 0 Å². The molecule has 0 spiro atoms. The first kappa shape index (κ1) is 14.3. The maximum absolute atomic E-state index is 11.6. The molecule has 0 amide bonds. The quantitative estimate of drug-likeness (QED) is 0.821. The summed E-state index contributed by atoms with van der Waals surface area (Å²) in [5.74, 6) is -1.83. The van der Waals surface area contributed by atoms with Crippen LogP contribution in [0.15, 0.2) is 18.2 Å². The maximum atomic E-state index is 11.6. The SMILES string of the molecule is COc1ccc(OC)c(CS(=O)(=O)CC(=O)O)c1. The van der Waals surface area contributed by atoms with Crippen LogP contribution in [0.5, 0.6) is 11.5 Å². The summed E-state index contributed by atoms with van der Waals surface area (Å²) < 4.78 is 33.2. The number of carbonyl (C=O) groups is 1. The number of ether oxygens (including phenoxy) is 2. The van der Waals surface area contributed by atoms with Gasteiger partial charge >= 0.3 is 5.97 Å². The van der Waals surface area contributed by atoms with Gasteiger partial charge in [0.15, 0.2) is 9.84 Å². The fraction of sp³-hybridized carbons (Fsp3) is 0.364. The van der Waals surface area contributed by atoms with Crippen LogP contribution in [0, 0.1) is 0 Å². The van der Waals surface area contributed by atoms with Crippen molar-refractivity contribution in [3.63, 3.8) is 0 Å². The zero-order valence-corrected chi connectivity index (χ0v) is 10.9. The molecule has 0 saturated carbocycles. The molecule has 1 aromatic rings. The van der Waals surface area contributed by atoms with Gasteiger partial charge in [0.05, 0.1) is 20.0 Å². The van der Waals surface area contributed by atoms with E-state index in [1.54, 1.807) is 12.1 Å². The molecule has 0 heterocycles. The topological polar surface area (TPSA) is 89.9 Å². The molecule has 0 saturated heterocycles. The molecule has 1 N–H and O–H groups in total. The monoisotopic (exact) mass is 274 g/mol. The van der Waals surface area contributed by atoms with Gasteiger partial charge in [0.1, 0.15) is 17.3 Å². The molecule has 6 nitrogen and oxygen atoms in total. The Labute approximate surface area is 105 Å². The molecule has 0 aromatic heterocycles. The van der Waals surface area contributed by atoms with Crippen molar-refractivity contribution in [1.29, 1.82) is 0 Å². The zero-order valence-electron chi connectivity index (χ0n) is 10.0. The Balaban J connectivity index is 3.05. The first-order valence-corrected chi connectivity index (χ1v) is 6.83. The molecule has 0 unspecified atom stereocenters. The van der Waals surface area contributed by atoms with E-state index in [4.69, 9.17) is 14.6 Å². The van der Waals surface area contributed by atoms with E-state index in [9.17, 15) is 13.2 Å². The fourth-order valence-electron chi connectivity index (χ4n) is 1.47. The van der Waals surface area contributed by atoms with Gasteiger partial charge in [-0.2, -0.15) is 0 Å². The molecule has 18 heavy (non-hydrogen) atoms. The van der Waals surface area contributed by atoms with Crippen molar-refractivity contribution in [1.82, 2.24) is 0 Å². The van der Waals surface area contributed by atoms with Gasteiger partial charge in [0.2, 0.25) is 0 Å². The van der Waals surface area contributed by atoms with Crippen molar-refractivity contribution >= 4 is 15.8 Å². The molecule has 1 rings (SSSR count). The Hall–Kier alpha value is -1.76. The number of methoxy groups -OCH3 is 2. The lowest BCUT2D eigenvalue weighted by molar-refractivity contribution is -0.134. The summed E-state index contributed by atoms with van der Waals surface area (Å²) in [6, 6.07) is 4.72. The molecule has 1 aromatic carbocycles. The second kappa shape index (κ2) is 5.72. The number of carboxylic acid groups (broad SMARTS) is 1. The molecule has 0 aliphatic heterocycles. The van der Waals surface area contributed by atoms with Gasteiger partial charge in [-0.3, -0.25) is 4.79 Å². The number of benzene rings is 1. The van der Waals surface area contributed by atoms with E-state index in [-0.39, 0.29) is 0 Å². The van der Waals surface area contributed by atoms with Gasteiger partial charge in [-0.1, -0.05) is 0 Å². The Kier molecular flexibility index (Phi) is 4.55. The minimum absolute atomic E-state index is 0.373. The first-order valence-electron chi connectivity index (χ1n) is 5.01. The molecule has 100 valence electrons. The Morgan fingerprint density at radius 3 is 2.44 bits per heavy atom. The van der Waals surface area contributed by atoms with Gasteiger partial charge in [0.25, 0.3) is 0 Å². The molecule has 7 heteroatoms. The zero-order chi connectivity index (χ0) is 13.8. The number of sulfone groups is 1. The van der Waals surface area contributed by atoms with Gasteiger partial charge in [0, 0.05) is 5.56 Å². The van der Waals surface area contributed by atoms with Gasteiger partial charge < -0.3 is 14.6 Å². The van der Waals surface area contributed by atoms with E-state index in [2.05, 4.69) is 0 Å². The summed E-state index contributed by atoms with van der Waals surface area (Å²) in [5.41, 5.74) is 0.373. The molecule has 0 aliphatic rings. The second-order valence-corrected chi connectivity index (χ2v) is 5.67. The predicted molar refractivity (Wildman–Crippen MR) is 64.7 cm³/mol. The summed E-state index contributed by atoms with van der Waals surface area (Å²) in [5, 5.41) is 8.52. The van der Waals surface area contributed by atoms with Crippen LogP contribution in [0.25, 0.3) is 0 Å². The Morgan fingerprint density at radius 1 is 1.28 bits per heavy atom. The number of rotatable bonds is 6. The number of hydrogen-bond donors (Lipinski definition) is 1. The normalized spacial score (nSPS) is 11.0. The molecule has 0 atom stereocenters.